The molecule has 1 unspecified atom stereocenters. The van der Waals surface area contributed by atoms with E-state index in [1.54, 1.807) is 9.80 Å². The van der Waals surface area contributed by atoms with Crippen LogP contribution in [0.5, 0.6) is 0 Å². The summed E-state index contributed by atoms with van der Waals surface area (Å²) in [5.74, 6) is 0.126. The Morgan fingerprint density at radius 2 is 2.00 bits per heavy atom. The maximum absolute atomic E-state index is 12.9. The maximum Gasteiger partial charge on any atom is 0.249 e. The molecule has 2 aliphatic heterocycles. The van der Waals surface area contributed by atoms with Crippen LogP contribution in [0.2, 0.25) is 5.02 Å². The van der Waals surface area contributed by atoms with Gasteiger partial charge in [0.1, 0.15) is 6.04 Å². The third-order valence-electron chi connectivity index (χ3n) is 4.39. The molecule has 2 aliphatic rings. The molecule has 2 heterocycles. The number of hydrogen-bond donors (Lipinski definition) is 0. The summed E-state index contributed by atoms with van der Waals surface area (Å²) in [6.07, 6.45) is 3.14. The van der Waals surface area contributed by atoms with Gasteiger partial charge in [-0.15, -0.1) is 0 Å². The first-order valence-corrected chi connectivity index (χ1v) is 7.83. The van der Waals surface area contributed by atoms with Gasteiger partial charge in [0.15, 0.2) is 0 Å². The van der Waals surface area contributed by atoms with E-state index in [1.165, 1.54) is 0 Å². The van der Waals surface area contributed by atoms with Gasteiger partial charge in [0.25, 0.3) is 0 Å². The van der Waals surface area contributed by atoms with Gasteiger partial charge in [0.2, 0.25) is 11.8 Å². The van der Waals surface area contributed by atoms with Gasteiger partial charge in [-0.3, -0.25) is 9.59 Å². The number of amides is 2. The van der Waals surface area contributed by atoms with Crippen molar-refractivity contribution in [3.8, 4) is 0 Å². The normalized spacial score (nSPS) is 23.0. The van der Waals surface area contributed by atoms with Crippen LogP contribution in [0.1, 0.15) is 31.2 Å². The van der Waals surface area contributed by atoms with Gasteiger partial charge in [-0.1, -0.05) is 17.7 Å². The van der Waals surface area contributed by atoms with Gasteiger partial charge >= 0.3 is 0 Å². The van der Waals surface area contributed by atoms with Crippen molar-refractivity contribution < 1.29 is 9.59 Å². The quantitative estimate of drug-likeness (QED) is 0.800. The Balaban J connectivity index is 1.97. The molecule has 1 atom stereocenters. The highest BCUT2D eigenvalue weighted by Crippen LogP contribution is 2.30. The largest absolute Gasteiger partial charge is 0.331 e. The molecule has 0 aliphatic carbocycles. The number of halogens is 1. The van der Waals surface area contributed by atoms with E-state index in [0.29, 0.717) is 24.5 Å². The second kappa shape index (κ2) is 5.68. The summed E-state index contributed by atoms with van der Waals surface area (Å²) >= 11 is 6.08. The number of hydrogen-bond acceptors (Lipinski definition) is 2. The number of nitrogens with zero attached hydrogens (tertiary/aromatic N) is 2. The number of rotatable bonds is 1. The number of benzene rings is 1. The number of carbonyl (C=O) groups excluding carboxylic acids is 2. The first-order valence-electron chi connectivity index (χ1n) is 7.45. The lowest BCUT2D eigenvalue weighted by atomic mass is 10.0. The van der Waals surface area contributed by atoms with Gasteiger partial charge in [-0.25, -0.2) is 0 Å². The van der Waals surface area contributed by atoms with E-state index in [0.717, 1.165) is 30.5 Å². The van der Waals surface area contributed by atoms with Crippen molar-refractivity contribution in [3.05, 3.63) is 28.8 Å². The molecule has 5 heteroatoms. The van der Waals surface area contributed by atoms with E-state index >= 15 is 0 Å². The average molecular weight is 307 g/mol. The van der Waals surface area contributed by atoms with E-state index < -0.39 is 0 Å². The van der Waals surface area contributed by atoms with E-state index in [4.69, 9.17) is 11.6 Å². The first kappa shape index (κ1) is 14.4. The highest BCUT2D eigenvalue weighted by Gasteiger charge is 2.38. The molecule has 2 saturated heterocycles. The fourth-order valence-corrected chi connectivity index (χ4v) is 3.41. The number of carbonyl (C=O) groups is 2. The fraction of sp³-hybridized carbons (Fsp3) is 0.500. The van der Waals surface area contributed by atoms with E-state index in [2.05, 4.69) is 0 Å². The van der Waals surface area contributed by atoms with Crippen LogP contribution in [0.3, 0.4) is 0 Å². The van der Waals surface area contributed by atoms with Crippen LogP contribution in [0.25, 0.3) is 0 Å². The second-order valence-corrected chi connectivity index (χ2v) is 6.21. The zero-order valence-electron chi connectivity index (χ0n) is 12.1. The number of anilines is 1. The molecule has 0 aromatic heterocycles. The van der Waals surface area contributed by atoms with E-state index in [9.17, 15) is 9.59 Å². The topological polar surface area (TPSA) is 40.6 Å². The third-order valence-corrected chi connectivity index (χ3v) is 4.62. The van der Waals surface area contributed by atoms with Gasteiger partial charge in [0, 0.05) is 30.2 Å². The molecule has 2 amide bonds. The van der Waals surface area contributed by atoms with E-state index in [1.807, 2.05) is 25.1 Å². The molecule has 21 heavy (non-hydrogen) atoms. The van der Waals surface area contributed by atoms with Crippen LogP contribution in [0.15, 0.2) is 18.2 Å². The molecule has 1 aromatic carbocycles. The molecule has 0 bridgehead atoms. The standard InChI is InChI=1S/C16H19ClN2O2/c1-11-5-6-12(17)10-14(11)19-9-7-15(20)18-8-3-2-4-13(18)16(19)21/h5-6,10,13H,2-4,7-9H2,1H3. The Morgan fingerprint density at radius 3 is 2.81 bits per heavy atom. The highest BCUT2D eigenvalue weighted by atomic mass is 35.5. The maximum atomic E-state index is 12.9. The SMILES string of the molecule is Cc1ccc(Cl)cc1N1CCC(=O)N2CCCCC2C1=O. The van der Waals surface area contributed by atoms with Crippen molar-refractivity contribution in [2.24, 2.45) is 0 Å². The van der Waals surface area contributed by atoms with Crippen molar-refractivity contribution in [3.63, 3.8) is 0 Å². The molecular formula is C16H19ClN2O2. The van der Waals surface area contributed by atoms with Crippen molar-refractivity contribution in [2.75, 3.05) is 18.0 Å². The van der Waals surface area contributed by atoms with Crippen molar-refractivity contribution in [1.29, 1.82) is 0 Å². The minimum atomic E-state index is -0.299. The monoisotopic (exact) mass is 306 g/mol. The zero-order valence-corrected chi connectivity index (χ0v) is 12.9. The smallest absolute Gasteiger partial charge is 0.249 e. The molecule has 4 nitrogen and oxygen atoms in total. The third kappa shape index (κ3) is 2.64. The van der Waals surface area contributed by atoms with Crippen molar-refractivity contribution in [2.45, 2.75) is 38.6 Å². The lowest BCUT2D eigenvalue weighted by Gasteiger charge is -2.34. The Morgan fingerprint density at radius 1 is 1.19 bits per heavy atom. The van der Waals surface area contributed by atoms with Crippen molar-refractivity contribution >= 4 is 29.1 Å². The second-order valence-electron chi connectivity index (χ2n) is 5.77. The minimum absolute atomic E-state index is 0.0333. The average Bonchev–Trinajstić information content (AvgIpc) is 2.61. The molecule has 1 aromatic rings. The summed E-state index contributed by atoms with van der Waals surface area (Å²) in [6.45, 7) is 3.10. The molecule has 112 valence electrons. The predicted molar refractivity (Wildman–Crippen MR) is 82.5 cm³/mol. The molecular weight excluding hydrogens is 288 g/mol. The molecule has 0 radical (unpaired) electrons. The predicted octanol–water partition coefficient (Wildman–Crippen LogP) is 2.77. The summed E-state index contributed by atoms with van der Waals surface area (Å²) in [4.78, 5) is 28.6. The van der Waals surface area contributed by atoms with Crippen LogP contribution in [0.4, 0.5) is 5.69 Å². The van der Waals surface area contributed by atoms with Gasteiger partial charge in [-0.2, -0.15) is 0 Å². The fourth-order valence-electron chi connectivity index (χ4n) is 3.24. The van der Waals surface area contributed by atoms with Crippen LogP contribution in [-0.2, 0) is 9.59 Å². The summed E-state index contributed by atoms with van der Waals surface area (Å²) < 4.78 is 0. The summed E-state index contributed by atoms with van der Waals surface area (Å²) in [6, 6.07) is 5.25. The minimum Gasteiger partial charge on any atom is -0.331 e. The molecule has 3 rings (SSSR count). The van der Waals surface area contributed by atoms with E-state index in [-0.39, 0.29) is 17.9 Å². The van der Waals surface area contributed by atoms with Crippen LogP contribution in [-0.4, -0.2) is 35.8 Å². The Hall–Kier alpha value is -1.55. The van der Waals surface area contributed by atoms with Gasteiger partial charge < -0.3 is 9.80 Å². The van der Waals surface area contributed by atoms with Crippen LogP contribution >= 0.6 is 11.6 Å². The zero-order chi connectivity index (χ0) is 15.0. The summed E-state index contributed by atoms with van der Waals surface area (Å²) in [7, 11) is 0. The molecule has 0 N–H and O–H groups in total. The highest BCUT2D eigenvalue weighted by molar-refractivity contribution is 6.31. The van der Waals surface area contributed by atoms with Crippen LogP contribution < -0.4 is 4.90 Å². The van der Waals surface area contributed by atoms with Gasteiger partial charge in [-0.05, 0) is 43.9 Å². The number of piperidine rings is 1. The van der Waals surface area contributed by atoms with Crippen LogP contribution in [0, 0.1) is 6.92 Å². The Labute approximate surface area is 129 Å². The number of fused-ring (bicyclic) bond motifs is 1. The summed E-state index contributed by atoms with van der Waals surface area (Å²) in [5.41, 5.74) is 1.83. The molecule has 0 saturated carbocycles. The summed E-state index contributed by atoms with van der Waals surface area (Å²) in [5, 5.41) is 0.611. The number of aryl methyl sites for hydroxylation is 1. The van der Waals surface area contributed by atoms with Crippen molar-refractivity contribution in [1.82, 2.24) is 4.90 Å². The van der Waals surface area contributed by atoms with Gasteiger partial charge in [0.05, 0.1) is 0 Å². The lowest BCUT2D eigenvalue weighted by Crippen LogP contribution is -2.50. The lowest BCUT2D eigenvalue weighted by molar-refractivity contribution is -0.138. The first-order chi connectivity index (χ1) is 10.1. The molecule has 2 fully saturated rings. The Kier molecular flexibility index (Phi) is 3.89. The molecule has 0 spiro atoms. The Bertz CT molecular complexity index is 588.